The summed E-state index contributed by atoms with van der Waals surface area (Å²) in [6.07, 6.45) is 4.37. The first-order valence-corrected chi connectivity index (χ1v) is 6.58. The molecule has 0 fully saturated rings. The van der Waals surface area contributed by atoms with Gasteiger partial charge in [0.2, 0.25) is 0 Å². The zero-order valence-corrected chi connectivity index (χ0v) is 9.92. The lowest BCUT2D eigenvalue weighted by atomic mass is 10.3. The molecule has 1 aliphatic rings. The molecule has 7 heteroatoms. The SMILES string of the molecule is O=S1(=O)N=C(c2ccccn2)Nc2ccncc21. The van der Waals surface area contributed by atoms with Gasteiger partial charge in [0.25, 0.3) is 10.0 Å². The van der Waals surface area contributed by atoms with Gasteiger partial charge in [-0.25, -0.2) is 0 Å². The van der Waals surface area contributed by atoms with Crippen LogP contribution in [-0.2, 0) is 10.0 Å². The van der Waals surface area contributed by atoms with Crippen LogP contribution in [0.4, 0.5) is 5.69 Å². The molecule has 0 unspecified atom stereocenters. The van der Waals surface area contributed by atoms with Crippen molar-refractivity contribution in [2.45, 2.75) is 4.90 Å². The molecule has 0 aliphatic carbocycles. The molecule has 0 saturated heterocycles. The van der Waals surface area contributed by atoms with Crippen LogP contribution in [-0.4, -0.2) is 24.2 Å². The summed E-state index contributed by atoms with van der Waals surface area (Å²) in [7, 11) is -3.72. The van der Waals surface area contributed by atoms with E-state index in [1.807, 2.05) is 0 Å². The smallest absolute Gasteiger partial charge is 0.287 e. The summed E-state index contributed by atoms with van der Waals surface area (Å²) in [4.78, 5) is 7.93. The Kier molecular flexibility index (Phi) is 2.34. The highest BCUT2D eigenvalue weighted by molar-refractivity contribution is 7.90. The molecular weight excluding hydrogens is 252 g/mol. The third-order valence-corrected chi connectivity index (χ3v) is 3.74. The van der Waals surface area contributed by atoms with Crippen LogP contribution in [0.15, 0.2) is 52.1 Å². The van der Waals surface area contributed by atoms with E-state index < -0.39 is 10.0 Å². The van der Waals surface area contributed by atoms with Gasteiger partial charge < -0.3 is 5.32 Å². The highest BCUT2D eigenvalue weighted by Gasteiger charge is 2.25. The van der Waals surface area contributed by atoms with Gasteiger partial charge in [0.1, 0.15) is 10.6 Å². The van der Waals surface area contributed by atoms with E-state index in [4.69, 9.17) is 0 Å². The second-order valence-corrected chi connectivity index (χ2v) is 5.20. The third-order valence-electron chi connectivity index (χ3n) is 2.43. The molecule has 6 nitrogen and oxygen atoms in total. The van der Waals surface area contributed by atoms with Gasteiger partial charge in [-0.3, -0.25) is 9.97 Å². The van der Waals surface area contributed by atoms with E-state index in [9.17, 15) is 8.42 Å². The maximum atomic E-state index is 12.0. The molecular formula is C11H8N4O2S. The van der Waals surface area contributed by atoms with Crippen LogP contribution < -0.4 is 5.32 Å². The fraction of sp³-hybridized carbons (Fsp3) is 0. The Morgan fingerprint density at radius 2 is 2.00 bits per heavy atom. The van der Waals surface area contributed by atoms with Crippen LogP contribution in [0.2, 0.25) is 0 Å². The fourth-order valence-electron chi connectivity index (χ4n) is 1.62. The van der Waals surface area contributed by atoms with Crippen molar-refractivity contribution in [3.8, 4) is 0 Å². The Morgan fingerprint density at radius 3 is 2.78 bits per heavy atom. The largest absolute Gasteiger partial charge is 0.337 e. The topological polar surface area (TPSA) is 84.3 Å². The first-order chi connectivity index (χ1) is 8.67. The van der Waals surface area contributed by atoms with E-state index in [1.54, 1.807) is 30.5 Å². The van der Waals surface area contributed by atoms with Crippen molar-refractivity contribution in [1.82, 2.24) is 9.97 Å². The van der Waals surface area contributed by atoms with Gasteiger partial charge in [-0.1, -0.05) is 6.07 Å². The minimum atomic E-state index is -3.72. The van der Waals surface area contributed by atoms with E-state index in [0.29, 0.717) is 11.4 Å². The first kappa shape index (κ1) is 10.8. The fourth-order valence-corrected chi connectivity index (χ4v) is 2.69. The molecule has 3 rings (SSSR count). The number of pyridine rings is 2. The molecule has 0 saturated carbocycles. The van der Waals surface area contributed by atoms with Crippen molar-refractivity contribution in [2.75, 3.05) is 5.32 Å². The lowest BCUT2D eigenvalue weighted by molar-refractivity contribution is 0.597. The monoisotopic (exact) mass is 260 g/mol. The van der Waals surface area contributed by atoms with Crippen molar-refractivity contribution < 1.29 is 8.42 Å². The van der Waals surface area contributed by atoms with Gasteiger partial charge in [0.05, 0.1) is 5.69 Å². The summed E-state index contributed by atoms with van der Waals surface area (Å²) >= 11 is 0. The average molecular weight is 260 g/mol. The summed E-state index contributed by atoms with van der Waals surface area (Å²) < 4.78 is 27.6. The van der Waals surface area contributed by atoms with Crippen LogP contribution >= 0.6 is 0 Å². The lowest BCUT2D eigenvalue weighted by Crippen LogP contribution is -2.23. The van der Waals surface area contributed by atoms with Crippen molar-refractivity contribution in [3.63, 3.8) is 0 Å². The molecule has 0 amide bonds. The molecule has 1 N–H and O–H groups in total. The molecule has 0 radical (unpaired) electrons. The summed E-state index contributed by atoms with van der Waals surface area (Å²) in [6.45, 7) is 0. The predicted molar refractivity (Wildman–Crippen MR) is 65.8 cm³/mol. The zero-order chi connectivity index (χ0) is 12.6. The van der Waals surface area contributed by atoms with Gasteiger partial charge in [0.15, 0.2) is 5.84 Å². The van der Waals surface area contributed by atoms with Gasteiger partial charge in [-0.15, -0.1) is 4.40 Å². The molecule has 90 valence electrons. The number of rotatable bonds is 1. The van der Waals surface area contributed by atoms with Gasteiger partial charge in [-0.05, 0) is 18.2 Å². The van der Waals surface area contributed by atoms with E-state index in [1.165, 1.54) is 12.4 Å². The Bertz CT molecular complexity index is 726. The number of anilines is 1. The van der Waals surface area contributed by atoms with Gasteiger partial charge >= 0.3 is 0 Å². The second-order valence-electron chi connectivity index (χ2n) is 3.63. The van der Waals surface area contributed by atoms with Gasteiger partial charge in [0, 0.05) is 18.6 Å². The molecule has 18 heavy (non-hydrogen) atoms. The number of hydrogen-bond donors (Lipinski definition) is 1. The first-order valence-electron chi connectivity index (χ1n) is 5.14. The van der Waals surface area contributed by atoms with E-state index >= 15 is 0 Å². The quantitative estimate of drug-likeness (QED) is 0.828. The minimum absolute atomic E-state index is 0.0738. The summed E-state index contributed by atoms with van der Waals surface area (Å²) in [5.74, 6) is 0.217. The van der Waals surface area contributed by atoms with Crippen molar-refractivity contribution in [2.24, 2.45) is 4.40 Å². The summed E-state index contributed by atoms with van der Waals surface area (Å²) in [5.41, 5.74) is 0.934. The maximum Gasteiger partial charge on any atom is 0.287 e. The Labute approximate surface area is 103 Å². The van der Waals surface area contributed by atoms with E-state index in [-0.39, 0.29) is 10.7 Å². The maximum absolute atomic E-state index is 12.0. The summed E-state index contributed by atoms with van der Waals surface area (Å²) in [6, 6.07) is 6.79. The number of nitrogens with one attached hydrogen (secondary N) is 1. The van der Waals surface area contributed by atoms with Crippen molar-refractivity contribution in [1.29, 1.82) is 0 Å². The molecule has 0 bridgehead atoms. The predicted octanol–water partition coefficient (Wildman–Crippen LogP) is 1.04. The Morgan fingerprint density at radius 1 is 1.11 bits per heavy atom. The number of amidine groups is 1. The lowest BCUT2D eigenvalue weighted by Gasteiger charge is -2.16. The molecule has 0 spiro atoms. The number of sulfonamides is 1. The molecule has 1 aliphatic heterocycles. The number of fused-ring (bicyclic) bond motifs is 1. The highest BCUT2D eigenvalue weighted by atomic mass is 32.2. The molecule has 3 heterocycles. The van der Waals surface area contributed by atoms with E-state index in [2.05, 4.69) is 19.7 Å². The van der Waals surface area contributed by atoms with Crippen LogP contribution in [0.5, 0.6) is 0 Å². The molecule has 0 aromatic carbocycles. The van der Waals surface area contributed by atoms with Crippen LogP contribution in [0.3, 0.4) is 0 Å². The number of hydrogen-bond acceptors (Lipinski definition) is 5. The second kappa shape index (κ2) is 3.88. The normalized spacial score (nSPS) is 16.3. The standard InChI is InChI=1S/C11H8N4O2S/c16-18(17)10-7-12-6-4-8(10)14-11(15-18)9-3-1-2-5-13-9/h1-7H,(H,14,15). The van der Waals surface area contributed by atoms with Gasteiger partial charge in [-0.2, -0.15) is 8.42 Å². The van der Waals surface area contributed by atoms with Crippen molar-refractivity contribution in [3.05, 3.63) is 48.5 Å². The number of aromatic nitrogens is 2. The Hall–Kier alpha value is -2.28. The molecule has 0 atom stereocenters. The summed E-state index contributed by atoms with van der Waals surface area (Å²) in [5, 5.41) is 2.94. The van der Waals surface area contributed by atoms with Crippen molar-refractivity contribution >= 4 is 21.5 Å². The average Bonchev–Trinajstić information content (AvgIpc) is 2.39. The zero-order valence-electron chi connectivity index (χ0n) is 9.11. The van der Waals surface area contributed by atoms with E-state index in [0.717, 1.165) is 0 Å². The molecule has 2 aromatic heterocycles. The van der Waals surface area contributed by atoms with Crippen LogP contribution in [0.1, 0.15) is 5.69 Å². The Balaban J connectivity index is 2.16. The third kappa shape index (κ3) is 1.74. The molecule has 2 aromatic rings. The minimum Gasteiger partial charge on any atom is -0.337 e. The van der Waals surface area contributed by atoms with Crippen LogP contribution in [0, 0.1) is 0 Å². The highest BCUT2D eigenvalue weighted by Crippen LogP contribution is 2.26. The number of nitrogens with zero attached hydrogens (tertiary/aromatic N) is 3. The van der Waals surface area contributed by atoms with Crippen LogP contribution in [0.25, 0.3) is 0 Å².